The predicted octanol–water partition coefficient (Wildman–Crippen LogP) is 2.39. The number of piperidine rings is 1. The molecule has 0 aliphatic carbocycles. The van der Waals surface area contributed by atoms with Crippen molar-refractivity contribution in [1.29, 1.82) is 0 Å². The van der Waals surface area contributed by atoms with E-state index >= 15 is 0 Å². The molecule has 3 nitrogen and oxygen atoms in total. The van der Waals surface area contributed by atoms with E-state index in [-0.39, 0.29) is 11.8 Å². The second-order valence-corrected chi connectivity index (χ2v) is 5.96. The van der Waals surface area contributed by atoms with Gasteiger partial charge in [0.25, 0.3) is 0 Å². The normalized spacial score (nSPS) is 17.1. The number of nitrogens with one attached hydrogen (secondary N) is 1. The van der Waals surface area contributed by atoms with E-state index in [1.165, 1.54) is 11.1 Å². The van der Waals surface area contributed by atoms with Crippen LogP contribution in [0.25, 0.3) is 0 Å². The van der Waals surface area contributed by atoms with Crippen LogP contribution >= 0.6 is 0 Å². The van der Waals surface area contributed by atoms with Crippen molar-refractivity contribution in [2.75, 3.05) is 26.7 Å². The molecule has 0 atom stereocenters. The van der Waals surface area contributed by atoms with Crippen molar-refractivity contribution in [1.82, 2.24) is 10.2 Å². The van der Waals surface area contributed by atoms with E-state index in [0.717, 1.165) is 45.3 Å². The molecule has 3 heteroatoms. The third-order valence-electron chi connectivity index (χ3n) is 4.15. The lowest BCUT2D eigenvalue weighted by atomic mass is 9.96. The first-order chi connectivity index (χ1) is 9.65. The highest BCUT2D eigenvalue weighted by Crippen LogP contribution is 2.15. The Hall–Kier alpha value is -1.35. The highest BCUT2D eigenvalue weighted by molar-refractivity contribution is 5.78. The molecule has 1 fully saturated rings. The largest absolute Gasteiger partial charge is 0.356 e. The van der Waals surface area contributed by atoms with Crippen molar-refractivity contribution in [2.45, 2.75) is 32.6 Å². The van der Waals surface area contributed by atoms with Crippen LogP contribution in [0, 0.1) is 12.8 Å². The highest BCUT2D eigenvalue weighted by atomic mass is 16.1. The fourth-order valence-electron chi connectivity index (χ4n) is 2.67. The average molecular weight is 274 g/mol. The van der Waals surface area contributed by atoms with E-state index in [9.17, 15) is 4.79 Å². The van der Waals surface area contributed by atoms with Gasteiger partial charge in [-0.2, -0.15) is 0 Å². The second kappa shape index (κ2) is 7.44. The van der Waals surface area contributed by atoms with Gasteiger partial charge < -0.3 is 10.2 Å². The van der Waals surface area contributed by atoms with E-state index in [0.29, 0.717) is 0 Å². The van der Waals surface area contributed by atoms with Gasteiger partial charge in [-0.05, 0) is 58.3 Å². The molecule has 0 saturated carbocycles. The molecule has 1 N–H and O–H groups in total. The molecule has 110 valence electrons. The first kappa shape index (κ1) is 15.0. The number of benzene rings is 1. The fraction of sp³-hybridized carbons (Fsp3) is 0.588. The summed E-state index contributed by atoms with van der Waals surface area (Å²) < 4.78 is 0. The number of aryl methyl sites for hydroxylation is 2. The van der Waals surface area contributed by atoms with Crippen LogP contribution in [0.3, 0.4) is 0 Å². The standard InChI is InChI=1S/C17H26N2O/c1-14-5-7-15(8-6-14)4-3-11-18-17(20)16-9-12-19(2)13-10-16/h5-8,16H,3-4,9-13H2,1-2H3,(H,18,20). The molecule has 0 bridgehead atoms. The Kier molecular flexibility index (Phi) is 5.60. The molecule has 1 aromatic rings. The Balaban J connectivity index is 1.63. The van der Waals surface area contributed by atoms with Gasteiger partial charge in [-0.1, -0.05) is 29.8 Å². The van der Waals surface area contributed by atoms with Crippen molar-refractivity contribution >= 4 is 5.91 Å². The summed E-state index contributed by atoms with van der Waals surface area (Å²) >= 11 is 0. The van der Waals surface area contributed by atoms with Gasteiger partial charge in [-0.25, -0.2) is 0 Å². The molecule has 1 saturated heterocycles. The van der Waals surface area contributed by atoms with Gasteiger partial charge in [0.15, 0.2) is 0 Å². The van der Waals surface area contributed by atoms with E-state index < -0.39 is 0 Å². The molecule has 0 unspecified atom stereocenters. The van der Waals surface area contributed by atoms with Crippen LogP contribution in [0.4, 0.5) is 0 Å². The first-order valence-electron chi connectivity index (χ1n) is 7.67. The Morgan fingerprint density at radius 1 is 1.25 bits per heavy atom. The van der Waals surface area contributed by atoms with E-state index in [1.54, 1.807) is 0 Å². The monoisotopic (exact) mass is 274 g/mol. The summed E-state index contributed by atoms with van der Waals surface area (Å²) in [5.74, 6) is 0.479. The molecule has 1 amide bonds. The third kappa shape index (κ3) is 4.64. The van der Waals surface area contributed by atoms with Gasteiger partial charge in [-0.3, -0.25) is 4.79 Å². The van der Waals surface area contributed by atoms with Crippen molar-refractivity contribution in [3.8, 4) is 0 Å². The maximum absolute atomic E-state index is 12.0. The predicted molar refractivity (Wildman–Crippen MR) is 82.7 cm³/mol. The molecule has 1 aliphatic heterocycles. The Bertz CT molecular complexity index is 419. The minimum atomic E-state index is 0.227. The Morgan fingerprint density at radius 2 is 1.90 bits per heavy atom. The summed E-state index contributed by atoms with van der Waals surface area (Å²) in [6, 6.07) is 8.64. The summed E-state index contributed by atoms with van der Waals surface area (Å²) in [5.41, 5.74) is 2.65. The lowest BCUT2D eigenvalue weighted by Crippen LogP contribution is -2.39. The van der Waals surface area contributed by atoms with E-state index in [4.69, 9.17) is 0 Å². The molecule has 1 aliphatic rings. The Labute approximate surface area is 122 Å². The van der Waals surface area contributed by atoms with Crippen molar-refractivity contribution < 1.29 is 4.79 Å². The zero-order valence-corrected chi connectivity index (χ0v) is 12.7. The number of rotatable bonds is 5. The van der Waals surface area contributed by atoms with Crippen LogP contribution in [-0.4, -0.2) is 37.5 Å². The summed E-state index contributed by atoms with van der Waals surface area (Å²) in [4.78, 5) is 14.3. The van der Waals surface area contributed by atoms with Gasteiger partial charge >= 0.3 is 0 Å². The molecular weight excluding hydrogens is 248 g/mol. The van der Waals surface area contributed by atoms with Crippen LogP contribution in [0.2, 0.25) is 0 Å². The van der Waals surface area contributed by atoms with Gasteiger partial charge in [0.1, 0.15) is 0 Å². The van der Waals surface area contributed by atoms with Gasteiger partial charge in [0, 0.05) is 12.5 Å². The quantitative estimate of drug-likeness (QED) is 0.836. The summed E-state index contributed by atoms with van der Waals surface area (Å²) in [5, 5.41) is 3.09. The maximum Gasteiger partial charge on any atom is 0.223 e. The van der Waals surface area contributed by atoms with Gasteiger partial charge in [-0.15, -0.1) is 0 Å². The maximum atomic E-state index is 12.0. The number of carbonyl (C=O) groups is 1. The van der Waals surface area contributed by atoms with Crippen molar-refractivity contribution in [3.63, 3.8) is 0 Å². The van der Waals surface area contributed by atoms with Crippen LogP contribution < -0.4 is 5.32 Å². The zero-order valence-electron chi connectivity index (χ0n) is 12.7. The summed E-state index contributed by atoms with van der Waals surface area (Å²) in [7, 11) is 2.12. The SMILES string of the molecule is Cc1ccc(CCCNC(=O)C2CCN(C)CC2)cc1. The lowest BCUT2D eigenvalue weighted by molar-refractivity contribution is -0.126. The van der Waals surface area contributed by atoms with Gasteiger partial charge in [0.05, 0.1) is 0 Å². The molecule has 0 radical (unpaired) electrons. The van der Waals surface area contributed by atoms with Crippen LogP contribution in [0.5, 0.6) is 0 Å². The van der Waals surface area contributed by atoms with E-state index in [2.05, 4.69) is 48.5 Å². The zero-order chi connectivity index (χ0) is 14.4. The van der Waals surface area contributed by atoms with E-state index in [1.807, 2.05) is 0 Å². The van der Waals surface area contributed by atoms with Crippen molar-refractivity contribution in [2.24, 2.45) is 5.92 Å². The molecular formula is C17H26N2O. The molecule has 0 aromatic heterocycles. The van der Waals surface area contributed by atoms with Crippen LogP contribution in [0.1, 0.15) is 30.4 Å². The minimum absolute atomic E-state index is 0.227. The number of carbonyl (C=O) groups excluding carboxylic acids is 1. The number of amides is 1. The number of likely N-dealkylation sites (tertiary alicyclic amines) is 1. The molecule has 1 aromatic carbocycles. The van der Waals surface area contributed by atoms with Crippen LogP contribution in [-0.2, 0) is 11.2 Å². The second-order valence-electron chi connectivity index (χ2n) is 5.96. The highest BCUT2D eigenvalue weighted by Gasteiger charge is 2.22. The summed E-state index contributed by atoms with van der Waals surface area (Å²) in [6.07, 6.45) is 4.05. The third-order valence-corrected chi connectivity index (χ3v) is 4.15. The van der Waals surface area contributed by atoms with Crippen molar-refractivity contribution in [3.05, 3.63) is 35.4 Å². The number of nitrogens with zero attached hydrogens (tertiary/aromatic N) is 1. The number of hydrogen-bond donors (Lipinski definition) is 1. The van der Waals surface area contributed by atoms with Crippen LogP contribution in [0.15, 0.2) is 24.3 Å². The van der Waals surface area contributed by atoms with Gasteiger partial charge in [0.2, 0.25) is 5.91 Å². The first-order valence-corrected chi connectivity index (χ1v) is 7.67. The lowest BCUT2D eigenvalue weighted by Gasteiger charge is -2.28. The fourth-order valence-corrected chi connectivity index (χ4v) is 2.67. The topological polar surface area (TPSA) is 32.3 Å². The summed E-state index contributed by atoms with van der Waals surface area (Å²) in [6.45, 7) is 4.98. The Morgan fingerprint density at radius 3 is 2.55 bits per heavy atom. The molecule has 0 spiro atoms. The smallest absolute Gasteiger partial charge is 0.223 e. The molecule has 2 rings (SSSR count). The average Bonchev–Trinajstić information content (AvgIpc) is 2.46. The molecule has 20 heavy (non-hydrogen) atoms. The number of hydrogen-bond acceptors (Lipinski definition) is 2. The molecule has 1 heterocycles. The minimum Gasteiger partial charge on any atom is -0.356 e.